The highest BCUT2D eigenvalue weighted by Gasteiger charge is 2.25. The molecule has 3 heterocycles. The van der Waals surface area contributed by atoms with Crippen molar-refractivity contribution >= 4 is 11.9 Å². The Hall–Kier alpha value is -1.69. The molecular weight excluding hydrogens is 234 g/mol. The van der Waals surface area contributed by atoms with Crippen LogP contribution in [0.3, 0.4) is 0 Å². The quantitative estimate of drug-likeness (QED) is 0.837. The zero-order chi connectivity index (χ0) is 12.5. The minimum Gasteiger partial charge on any atom is -0.476 e. The summed E-state index contributed by atoms with van der Waals surface area (Å²) in [4.78, 5) is 22.0. The molecule has 0 amide bonds. The molecule has 0 saturated carbocycles. The Labute approximate surface area is 105 Å². The largest absolute Gasteiger partial charge is 0.476 e. The molecule has 1 saturated heterocycles. The van der Waals surface area contributed by atoms with Gasteiger partial charge in [0.25, 0.3) is 0 Å². The van der Waals surface area contributed by atoms with Gasteiger partial charge in [0.1, 0.15) is 0 Å². The fourth-order valence-electron chi connectivity index (χ4n) is 2.45. The van der Waals surface area contributed by atoms with E-state index in [1.807, 2.05) is 0 Å². The van der Waals surface area contributed by atoms with E-state index >= 15 is 0 Å². The summed E-state index contributed by atoms with van der Waals surface area (Å²) in [5, 5.41) is 9.24. The molecule has 2 aliphatic heterocycles. The van der Waals surface area contributed by atoms with Crippen molar-refractivity contribution in [2.75, 3.05) is 24.6 Å². The van der Waals surface area contributed by atoms with Crippen molar-refractivity contribution in [1.82, 2.24) is 9.97 Å². The molecular formula is C12H15N3O3. The van der Waals surface area contributed by atoms with Gasteiger partial charge >= 0.3 is 5.97 Å². The minimum atomic E-state index is -1.00. The molecule has 3 rings (SSSR count). The highest BCUT2D eigenvalue weighted by molar-refractivity contribution is 5.87. The van der Waals surface area contributed by atoms with Crippen LogP contribution in [0.2, 0.25) is 0 Å². The molecule has 96 valence electrons. The topological polar surface area (TPSA) is 75.5 Å². The maximum absolute atomic E-state index is 11.3. The first-order valence-corrected chi connectivity index (χ1v) is 6.21. The van der Waals surface area contributed by atoms with Crippen LogP contribution in [0.15, 0.2) is 0 Å². The van der Waals surface area contributed by atoms with Gasteiger partial charge < -0.3 is 14.7 Å². The van der Waals surface area contributed by atoms with Crippen molar-refractivity contribution in [2.24, 2.45) is 0 Å². The lowest BCUT2D eigenvalue weighted by atomic mass is 10.1. The second-order valence-electron chi connectivity index (χ2n) is 4.60. The van der Waals surface area contributed by atoms with E-state index in [9.17, 15) is 9.90 Å². The first-order valence-electron chi connectivity index (χ1n) is 6.21. The van der Waals surface area contributed by atoms with Crippen molar-refractivity contribution in [3.05, 3.63) is 17.0 Å². The van der Waals surface area contributed by atoms with E-state index in [0.29, 0.717) is 31.1 Å². The third-order valence-electron chi connectivity index (χ3n) is 3.40. The average Bonchev–Trinajstić information content (AvgIpc) is 2.91. The fraction of sp³-hybridized carbons (Fsp3) is 0.583. The van der Waals surface area contributed by atoms with Crippen molar-refractivity contribution in [1.29, 1.82) is 0 Å². The number of hydrogen-bond donors (Lipinski definition) is 1. The van der Waals surface area contributed by atoms with E-state index in [-0.39, 0.29) is 5.69 Å². The van der Waals surface area contributed by atoms with Crippen molar-refractivity contribution in [3.63, 3.8) is 0 Å². The molecule has 0 aliphatic carbocycles. The molecule has 2 aliphatic rings. The highest BCUT2D eigenvalue weighted by Crippen LogP contribution is 2.23. The molecule has 6 heteroatoms. The van der Waals surface area contributed by atoms with E-state index in [2.05, 4.69) is 14.9 Å². The van der Waals surface area contributed by atoms with Crippen LogP contribution in [0.1, 0.15) is 34.6 Å². The number of rotatable bonds is 2. The van der Waals surface area contributed by atoms with Gasteiger partial charge in [-0.05, 0) is 12.8 Å². The van der Waals surface area contributed by atoms with Crippen LogP contribution >= 0.6 is 0 Å². The predicted molar refractivity (Wildman–Crippen MR) is 63.8 cm³/mol. The Morgan fingerprint density at radius 1 is 1.28 bits per heavy atom. The average molecular weight is 249 g/mol. The lowest BCUT2D eigenvalue weighted by Gasteiger charge is -2.21. The molecule has 0 aromatic carbocycles. The lowest BCUT2D eigenvalue weighted by molar-refractivity contribution is 0.0672. The molecule has 6 nitrogen and oxygen atoms in total. The fourth-order valence-corrected chi connectivity index (χ4v) is 2.45. The first kappa shape index (κ1) is 11.4. The van der Waals surface area contributed by atoms with Gasteiger partial charge in [-0.2, -0.15) is 0 Å². The summed E-state index contributed by atoms with van der Waals surface area (Å²) in [7, 11) is 0. The van der Waals surface area contributed by atoms with Crippen LogP contribution in [-0.4, -0.2) is 40.7 Å². The molecule has 0 radical (unpaired) electrons. The van der Waals surface area contributed by atoms with Crippen LogP contribution in [0.5, 0.6) is 0 Å². The summed E-state index contributed by atoms with van der Waals surface area (Å²) < 4.78 is 5.30. The van der Waals surface area contributed by atoms with Gasteiger partial charge in [-0.15, -0.1) is 0 Å². The molecule has 0 unspecified atom stereocenters. The summed E-state index contributed by atoms with van der Waals surface area (Å²) in [6, 6.07) is 0. The van der Waals surface area contributed by atoms with Gasteiger partial charge in [-0.3, -0.25) is 0 Å². The Kier molecular flexibility index (Phi) is 2.87. The molecule has 18 heavy (non-hydrogen) atoms. The van der Waals surface area contributed by atoms with Crippen LogP contribution in [-0.2, 0) is 17.8 Å². The number of nitrogens with zero attached hydrogens (tertiary/aromatic N) is 3. The van der Waals surface area contributed by atoms with E-state index in [1.54, 1.807) is 0 Å². The SMILES string of the molecule is O=C(O)c1nc(N2CCCC2)nc2c1COCC2. The van der Waals surface area contributed by atoms with Crippen LogP contribution in [0, 0.1) is 0 Å². The van der Waals surface area contributed by atoms with Crippen molar-refractivity contribution in [3.8, 4) is 0 Å². The number of aromatic carboxylic acids is 1. The monoisotopic (exact) mass is 249 g/mol. The van der Waals surface area contributed by atoms with Crippen LogP contribution < -0.4 is 4.90 Å². The number of fused-ring (bicyclic) bond motifs is 1. The summed E-state index contributed by atoms with van der Waals surface area (Å²) in [6.45, 7) is 2.72. The smallest absolute Gasteiger partial charge is 0.355 e. The van der Waals surface area contributed by atoms with Gasteiger partial charge in [-0.25, -0.2) is 14.8 Å². The number of carboxylic acid groups (broad SMARTS) is 1. The zero-order valence-corrected chi connectivity index (χ0v) is 10.1. The number of carboxylic acids is 1. The molecule has 0 bridgehead atoms. The van der Waals surface area contributed by atoms with Gasteiger partial charge in [0, 0.05) is 25.1 Å². The molecule has 0 spiro atoms. The normalized spacial score (nSPS) is 18.8. The molecule has 1 aromatic rings. The zero-order valence-electron chi connectivity index (χ0n) is 10.1. The standard InChI is InChI=1S/C12H15N3O3/c16-11(17)10-8-7-18-6-3-9(8)13-12(14-10)15-4-1-2-5-15/h1-7H2,(H,16,17). The maximum Gasteiger partial charge on any atom is 0.355 e. The Morgan fingerprint density at radius 3 is 2.78 bits per heavy atom. The molecule has 1 fully saturated rings. The van der Waals surface area contributed by atoms with E-state index in [1.165, 1.54) is 0 Å². The Balaban J connectivity index is 2.05. The third-order valence-corrected chi connectivity index (χ3v) is 3.40. The summed E-state index contributed by atoms with van der Waals surface area (Å²) in [6.07, 6.45) is 2.90. The summed E-state index contributed by atoms with van der Waals surface area (Å²) in [5.74, 6) is -0.440. The number of aromatic nitrogens is 2. The predicted octanol–water partition coefficient (Wildman–Crippen LogP) is 0.848. The summed E-state index contributed by atoms with van der Waals surface area (Å²) in [5.41, 5.74) is 1.56. The van der Waals surface area contributed by atoms with E-state index < -0.39 is 5.97 Å². The van der Waals surface area contributed by atoms with Crippen LogP contribution in [0.25, 0.3) is 0 Å². The highest BCUT2D eigenvalue weighted by atomic mass is 16.5. The second-order valence-corrected chi connectivity index (χ2v) is 4.60. The Morgan fingerprint density at radius 2 is 2.06 bits per heavy atom. The van der Waals surface area contributed by atoms with E-state index in [0.717, 1.165) is 31.6 Å². The third kappa shape index (κ3) is 1.92. The van der Waals surface area contributed by atoms with Crippen LogP contribution in [0.4, 0.5) is 5.95 Å². The number of hydrogen-bond acceptors (Lipinski definition) is 5. The van der Waals surface area contributed by atoms with Gasteiger partial charge in [-0.1, -0.05) is 0 Å². The van der Waals surface area contributed by atoms with Gasteiger partial charge in [0.15, 0.2) is 5.69 Å². The van der Waals surface area contributed by atoms with Crippen molar-refractivity contribution in [2.45, 2.75) is 25.9 Å². The van der Waals surface area contributed by atoms with Gasteiger partial charge in [0.05, 0.1) is 18.9 Å². The Bertz CT molecular complexity index is 484. The first-order chi connectivity index (χ1) is 8.75. The maximum atomic E-state index is 11.3. The van der Waals surface area contributed by atoms with E-state index in [4.69, 9.17) is 4.74 Å². The number of anilines is 1. The number of carbonyl (C=O) groups is 1. The lowest BCUT2D eigenvalue weighted by Crippen LogP contribution is -2.25. The summed E-state index contributed by atoms with van der Waals surface area (Å²) >= 11 is 0. The molecule has 1 N–H and O–H groups in total. The number of ether oxygens (including phenoxy) is 1. The second kappa shape index (κ2) is 4.53. The van der Waals surface area contributed by atoms with Crippen molar-refractivity contribution < 1.29 is 14.6 Å². The molecule has 1 aromatic heterocycles. The van der Waals surface area contributed by atoms with Gasteiger partial charge in [0.2, 0.25) is 5.95 Å². The molecule has 0 atom stereocenters. The minimum absolute atomic E-state index is 0.0987.